The van der Waals surface area contributed by atoms with Crippen LogP contribution in [-0.4, -0.2) is 13.0 Å². The fourth-order valence-electron chi connectivity index (χ4n) is 1.87. The van der Waals surface area contributed by atoms with Gasteiger partial charge in [-0.2, -0.15) is 0 Å². The Morgan fingerprint density at radius 2 is 1.89 bits per heavy atom. The molecule has 0 saturated carbocycles. The minimum Gasteiger partial charge on any atom is -0.496 e. The van der Waals surface area contributed by atoms with E-state index >= 15 is 0 Å². The molecule has 0 amide bonds. The topological polar surface area (TPSA) is 9.23 Å². The van der Waals surface area contributed by atoms with E-state index in [9.17, 15) is 0 Å². The van der Waals surface area contributed by atoms with Crippen molar-refractivity contribution in [3.8, 4) is 17.6 Å². The summed E-state index contributed by atoms with van der Waals surface area (Å²) in [7, 11) is 1.69. The third kappa shape index (κ3) is 2.78. The summed E-state index contributed by atoms with van der Waals surface area (Å²) in [6.07, 6.45) is 1.77. The molecule has 2 aromatic carbocycles. The highest BCUT2D eigenvalue weighted by Gasteiger charge is 2.03. The van der Waals surface area contributed by atoms with Gasteiger partial charge in [-0.3, -0.25) is 0 Å². The van der Waals surface area contributed by atoms with Crippen LogP contribution < -0.4 is 4.74 Å². The van der Waals surface area contributed by atoms with E-state index in [0.29, 0.717) is 5.88 Å². The van der Waals surface area contributed by atoms with Gasteiger partial charge in [0.25, 0.3) is 0 Å². The second-order valence-electron chi connectivity index (χ2n) is 3.96. The maximum Gasteiger partial charge on any atom is 0.126 e. The van der Waals surface area contributed by atoms with Gasteiger partial charge in [0.05, 0.1) is 7.11 Å². The first-order valence-electron chi connectivity index (χ1n) is 5.97. The number of hydrogen-bond donors (Lipinski definition) is 0. The van der Waals surface area contributed by atoms with Crippen molar-refractivity contribution >= 4 is 22.4 Å². The largest absolute Gasteiger partial charge is 0.496 e. The van der Waals surface area contributed by atoms with Crippen LogP contribution in [0.5, 0.6) is 5.75 Å². The second kappa shape index (κ2) is 6.33. The predicted octanol–water partition coefficient (Wildman–Crippen LogP) is 4.22. The van der Waals surface area contributed by atoms with Crippen LogP contribution in [0.1, 0.15) is 18.4 Å². The monoisotopic (exact) mass is 258 g/mol. The van der Waals surface area contributed by atoms with Crippen molar-refractivity contribution in [1.82, 2.24) is 0 Å². The molecule has 0 fully saturated rings. The SMILES string of the molecule is COc1ccc(C#CCCCCl)c2ccccc12. The lowest BCUT2D eigenvalue weighted by atomic mass is 10.0. The van der Waals surface area contributed by atoms with Gasteiger partial charge < -0.3 is 4.74 Å². The smallest absolute Gasteiger partial charge is 0.126 e. The molecule has 0 spiro atoms. The normalized spacial score (nSPS) is 9.89. The zero-order valence-corrected chi connectivity index (χ0v) is 11.1. The molecule has 0 unspecified atom stereocenters. The van der Waals surface area contributed by atoms with Crippen LogP contribution in [0.3, 0.4) is 0 Å². The van der Waals surface area contributed by atoms with Crippen LogP contribution in [0.4, 0.5) is 0 Å². The zero-order chi connectivity index (χ0) is 12.8. The highest BCUT2D eigenvalue weighted by Crippen LogP contribution is 2.27. The number of unbranched alkanes of at least 4 members (excludes halogenated alkanes) is 1. The average Bonchev–Trinajstić information content (AvgIpc) is 2.43. The summed E-state index contributed by atoms with van der Waals surface area (Å²) in [5.41, 5.74) is 1.04. The fraction of sp³-hybridized carbons (Fsp3) is 0.250. The lowest BCUT2D eigenvalue weighted by Gasteiger charge is -2.06. The van der Waals surface area contributed by atoms with Gasteiger partial charge >= 0.3 is 0 Å². The lowest BCUT2D eigenvalue weighted by molar-refractivity contribution is 0.420. The Balaban J connectivity index is 2.42. The van der Waals surface area contributed by atoms with E-state index in [-0.39, 0.29) is 0 Å². The van der Waals surface area contributed by atoms with Crippen LogP contribution in [0.2, 0.25) is 0 Å². The van der Waals surface area contributed by atoms with Crippen LogP contribution >= 0.6 is 11.6 Å². The zero-order valence-electron chi connectivity index (χ0n) is 10.4. The molecule has 0 aromatic heterocycles. The van der Waals surface area contributed by atoms with Gasteiger partial charge in [0, 0.05) is 28.6 Å². The summed E-state index contributed by atoms with van der Waals surface area (Å²) in [5, 5.41) is 2.24. The summed E-state index contributed by atoms with van der Waals surface area (Å²) < 4.78 is 5.36. The molecule has 0 bridgehead atoms. The Morgan fingerprint density at radius 3 is 2.61 bits per heavy atom. The van der Waals surface area contributed by atoms with Gasteiger partial charge in [0.15, 0.2) is 0 Å². The molecule has 2 aromatic rings. The molecular formula is C16H15ClO. The maximum atomic E-state index is 5.63. The van der Waals surface area contributed by atoms with E-state index in [2.05, 4.69) is 24.0 Å². The van der Waals surface area contributed by atoms with Crippen LogP contribution in [0.25, 0.3) is 10.8 Å². The highest BCUT2D eigenvalue weighted by molar-refractivity contribution is 6.17. The van der Waals surface area contributed by atoms with Crippen molar-refractivity contribution in [3.63, 3.8) is 0 Å². The fourth-order valence-corrected chi connectivity index (χ4v) is 2.00. The molecule has 18 heavy (non-hydrogen) atoms. The Kier molecular flexibility index (Phi) is 4.50. The van der Waals surface area contributed by atoms with Crippen molar-refractivity contribution in [2.45, 2.75) is 12.8 Å². The molecule has 2 rings (SSSR count). The van der Waals surface area contributed by atoms with E-state index in [0.717, 1.165) is 34.9 Å². The number of ether oxygens (including phenoxy) is 1. The molecular weight excluding hydrogens is 244 g/mol. The molecule has 0 atom stereocenters. The van der Waals surface area contributed by atoms with Gasteiger partial charge in [0.1, 0.15) is 5.75 Å². The molecule has 0 aliphatic rings. The van der Waals surface area contributed by atoms with E-state index in [1.165, 1.54) is 0 Å². The molecule has 0 heterocycles. The first-order chi connectivity index (χ1) is 8.86. The molecule has 2 heteroatoms. The highest BCUT2D eigenvalue weighted by atomic mass is 35.5. The minimum atomic E-state index is 0.665. The van der Waals surface area contributed by atoms with E-state index in [1.54, 1.807) is 7.11 Å². The molecule has 0 aliphatic heterocycles. The van der Waals surface area contributed by atoms with Gasteiger partial charge in [-0.15, -0.1) is 11.6 Å². The second-order valence-corrected chi connectivity index (χ2v) is 4.33. The van der Waals surface area contributed by atoms with Crippen LogP contribution in [0.15, 0.2) is 36.4 Å². The van der Waals surface area contributed by atoms with Gasteiger partial charge in [-0.05, 0) is 18.6 Å². The number of rotatable bonds is 3. The summed E-state index contributed by atoms with van der Waals surface area (Å²) in [6, 6.07) is 12.1. The van der Waals surface area contributed by atoms with Crippen LogP contribution in [-0.2, 0) is 0 Å². The van der Waals surface area contributed by atoms with E-state index in [1.807, 2.05) is 24.3 Å². The summed E-state index contributed by atoms with van der Waals surface area (Å²) in [4.78, 5) is 0. The first kappa shape index (κ1) is 12.8. The third-order valence-corrected chi connectivity index (χ3v) is 3.03. The molecule has 0 radical (unpaired) electrons. The van der Waals surface area contributed by atoms with Crippen molar-refractivity contribution in [3.05, 3.63) is 42.0 Å². The maximum absolute atomic E-state index is 5.63. The summed E-state index contributed by atoms with van der Waals surface area (Å²) in [6.45, 7) is 0. The molecule has 0 aliphatic carbocycles. The van der Waals surface area contributed by atoms with Crippen molar-refractivity contribution in [1.29, 1.82) is 0 Å². The van der Waals surface area contributed by atoms with Crippen molar-refractivity contribution < 1.29 is 4.74 Å². The lowest BCUT2D eigenvalue weighted by Crippen LogP contribution is -1.87. The van der Waals surface area contributed by atoms with Gasteiger partial charge in [-0.1, -0.05) is 36.1 Å². The molecule has 0 N–H and O–H groups in total. The Hall–Kier alpha value is -1.65. The number of halogens is 1. The third-order valence-electron chi connectivity index (χ3n) is 2.76. The quantitative estimate of drug-likeness (QED) is 0.455. The summed E-state index contributed by atoms with van der Waals surface area (Å²) >= 11 is 5.63. The number of benzene rings is 2. The molecule has 1 nitrogen and oxygen atoms in total. The minimum absolute atomic E-state index is 0.665. The van der Waals surface area contributed by atoms with E-state index < -0.39 is 0 Å². The van der Waals surface area contributed by atoms with Crippen molar-refractivity contribution in [2.75, 3.05) is 13.0 Å². The number of alkyl halides is 1. The Bertz CT molecular complexity index is 593. The number of fused-ring (bicyclic) bond motifs is 1. The number of hydrogen-bond acceptors (Lipinski definition) is 1. The van der Waals surface area contributed by atoms with Gasteiger partial charge in [-0.25, -0.2) is 0 Å². The number of methoxy groups -OCH3 is 1. The average molecular weight is 259 g/mol. The van der Waals surface area contributed by atoms with E-state index in [4.69, 9.17) is 16.3 Å². The predicted molar refractivity (Wildman–Crippen MR) is 77.3 cm³/mol. The standard InChI is InChI=1S/C16H15ClO/c1-18-16-11-10-13(7-3-2-6-12-17)14-8-4-5-9-15(14)16/h4-5,8-11H,2,6,12H2,1H3. The molecule has 92 valence electrons. The first-order valence-corrected chi connectivity index (χ1v) is 6.51. The van der Waals surface area contributed by atoms with Gasteiger partial charge in [0.2, 0.25) is 0 Å². The van der Waals surface area contributed by atoms with Crippen LogP contribution in [0, 0.1) is 11.8 Å². The Labute approximate surface area is 113 Å². The Morgan fingerprint density at radius 1 is 1.11 bits per heavy atom. The molecule has 0 saturated heterocycles. The summed E-state index contributed by atoms with van der Waals surface area (Å²) in [5.74, 6) is 7.92. The van der Waals surface area contributed by atoms with Crippen molar-refractivity contribution in [2.24, 2.45) is 0 Å².